The van der Waals surface area contributed by atoms with E-state index in [9.17, 15) is 4.79 Å². The molecule has 0 bridgehead atoms. The predicted molar refractivity (Wildman–Crippen MR) is 59.5 cm³/mol. The van der Waals surface area contributed by atoms with Gasteiger partial charge in [0, 0.05) is 0 Å². The second-order valence-electron chi connectivity index (χ2n) is 5.09. The van der Waals surface area contributed by atoms with Gasteiger partial charge in [-0.2, -0.15) is 0 Å². The third-order valence-corrected chi connectivity index (χ3v) is 3.91. The summed E-state index contributed by atoms with van der Waals surface area (Å²) in [6, 6.07) is 0. The predicted octanol–water partition coefficient (Wildman–Crippen LogP) is 3.30. The van der Waals surface area contributed by atoms with Crippen LogP contribution in [0.4, 0.5) is 0 Å². The number of esters is 1. The summed E-state index contributed by atoms with van der Waals surface area (Å²) in [6.45, 7) is 0.651. The van der Waals surface area contributed by atoms with Gasteiger partial charge in [-0.1, -0.05) is 38.5 Å². The maximum Gasteiger partial charge on any atom is 0.308 e. The largest absolute Gasteiger partial charge is 0.465 e. The lowest BCUT2D eigenvalue weighted by molar-refractivity contribution is -0.153. The van der Waals surface area contributed by atoms with Crippen molar-refractivity contribution in [3.63, 3.8) is 0 Å². The third kappa shape index (κ3) is 3.22. The van der Waals surface area contributed by atoms with Crippen LogP contribution < -0.4 is 0 Å². The van der Waals surface area contributed by atoms with E-state index in [2.05, 4.69) is 0 Å². The van der Waals surface area contributed by atoms with Crippen LogP contribution in [0.2, 0.25) is 0 Å². The molecule has 0 spiro atoms. The molecule has 0 aromatic heterocycles. The van der Waals surface area contributed by atoms with Gasteiger partial charge in [-0.25, -0.2) is 0 Å². The van der Waals surface area contributed by atoms with Gasteiger partial charge in [-0.15, -0.1) is 0 Å². The molecular weight excluding hydrogens is 188 g/mol. The molecule has 1 atom stereocenters. The van der Waals surface area contributed by atoms with Gasteiger partial charge < -0.3 is 4.74 Å². The van der Waals surface area contributed by atoms with E-state index in [0.29, 0.717) is 6.61 Å². The molecule has 1 aliphatic heterocycles. The second-order valence-corrected chi connectivity index (χ2v) is 5.09. The molecule has 86 valence electrons. The lowest BCUT2D eigenvalue weighted by Gasteiger charge is -2.21. The molecule has 0 aromatic carbocycles. The normalized spacial score (nSPS) is 28.0. The maximum atomic E-state index is 11.4. The minimum Gasteiger partial charge on any atom is -0.465 e. The summed E-state index contributed by atoms with van der Waals surface area (Å²) in [5.41, 5.74) is 0. The van der Waals surface area contributed by atoms with E-state index >= 15 is 0 Å². The summed E-state index contributed by atoms with van der Waals surface area (Å²) in [7, 11) is 0. The molecular formula is C13H22O2. The molecule has 2 heteroatoms. The van der Waals surface area contributed by atoms with Crippen molar-refractivity contribution >= 4 is 5.97 Å². The first-order valence-electron chi connectivity index (χ1n) is 6.53. The van der Waals surface area contributed by atoms with E-state index in [4.69, 9.17) is 4.74 Å². The first-order chi connectivity index (χ1) is 7.36. The topological polar surface area (TPSA) is 26.3 Å². The van der Waals surface area contributed by atoms with Crippen molar-refractivity contribution in [2.24, 2.45) is 11.8 Å². The van der Waals surface area contributed by atoms with Crippen LogP contribution in [0.3, 0.4) is 0 Å². The number of hydrogen-bond donors (Lipinski definition) is 0. The summed E-state index contributed by atoms with van der Waals surface area (Å²) in [6.07, 6.45) is 11.5. The molecule has 1 aliphatic carbocycles. The summed E-state index contributed by atoms with van der Waals surface area (Å²) in [5, 5.41) is 0. The van der Waals surface area contributed by atoms with Crippen molar-refractivity contribution in [2.45, 2.75) is 57.8 Å². The van der Waals surface area contributed by atoms with Crippen molar-refractivity contribution in [1.82, 2.24) is 0 Å². The molecule has 0 N–H and O–H groups in total. The Labute approximate surface area is 92.4 Å². The van der Waals surface area contributed by atoms with Gasteiger partial charge in [0.1, 0.15) is 0 Å². The molecule has 15 heavy (non-hydrogen) atoms. The fourth-order valence-corrected chi connectivity index (χ4v) is 2.95. The van der Waals surface area contributed by atoms with Crippen LogP contribution in [0.5, 0.6) is 0 Å². The van der Waals surface area contributed by atoms with Gasteiger partial charge in [0.2, 0.25) is 0 Å². The van der Waals surface area contributed by atoms with Gasteiger partial charge in [-0.05, 0) is 25.2 Å². The Bertz CT molecular complexity index is 207. The highest BCUT2D eigenvalue weighted by molar-refractivity contribution is 5.72. The monoisotopic (exact) mass is 210 g/mol. The Morgan fingerprint density at radius 1 is 1.07 bits per heavy atom. The number of cyclic esters (lactones) is 1. The number of carbonyl (C=O) groups excluding carboxylic acids is 1. The van der Waals surface area contributed by atoms with E-state index in [-0.39, 0.29) is 11.9 Å². The van der Waals surface area contributed by atoms with Gasteiger partial charge in [0.25, 0.3) is 0 Å². The number of rotatable bonds is 4. The van der Waals surface area contributed by atoms with E-state index in [1.165, 1.54) is 38.5 Å². The molecule has 0 aromatic rings. The Balaban J connectivity index is 1.61. The van der Waals surface area contributed by atoms with Crippen LogP contribution in [0.1, 0.15) is 57.8 Å². The van der Waals surface area contributed by atoms with E-state index < -0.39 is 0 Å². The van der Waals surface area contributed by atoms with Crippen LogP contribution in [-0.2, 0) is 9.53 Å². The minimum absolute atomic E-state index is 0.0627. The van der Waals surface area contributed by atoms with Crippen LogP contribution in [0.25, 0.3) is 0 Å². The minimum atomic E-state index is 0.0627. The molecule has 2 fully saturated rings. The summed E-state index contributed by atoms with van der Waals surface area (Å²) >= 11 is 0. The first-order valence-corrected chi connectivity index (χ1v) is 6.53. The molecule has 1 saturated heterocycles. The molecule has 2 aliphatic rings. The molecule has 0 amide bonds. The number of hydrogen-bond acceptors (Lipinski definition) is 2. The van der Waals surface area contributed by atoms with Crippen LogP contribution in [0, 0.1) is 11.8 Å². The second kappa shape index (κ2) is 5.53. The van der Waals surface area contributed by atoms with Crippen molar-refractivity contribution in [2.75, 3.05) is 6.61 Å². The zero-order chi connectivity index (χ0) is 10.5. The first kappa shape index (κ1) is 11.0. The summed E-state index contributed by atoms with van der Waals surface area (Å²) in [4.78, 5) is 11.4. The SMILES string of the molecule is O=C1OCCCC1CCCC1CCCC1. The fourth-order valence-electron chi connectivity index (χ4n) is 2.95. The standard InChI is InChI=1S/C13H22O2/c14-13-12(9-4-10-15-13)8-3-7-11-5-1-2-6-11/h11-12H,1-10H2. The number of carbonyl (C=O) groups is 1. The molecule has 1 saturated carbocycles. The highest BCUT2D eigenvalue weighted by atomic mass is 16.5. The molecule has 2 nitrogen and oxygen atoms in total. The van der Waals surface area contributed by atoms with Gasteiger partial charge >= 0.3 is 5.97 Å². The molecule has 1 heterocycles. The highest BCUT2D eigenvalue weighted by Crippen LogP contribution is 2.30. The van der Waals surface area contributed by atoms with E-state index in [1.807, 2.05) is 0 Å². The van der Waals surface area contributed by atoms with Crippen molar-refractivity contribution in [3.05, 3.63) is 0 Å². The fraction of sp³-hybridized carbons (Fsp3) is 0.923. The lowest BCUT2D eigenvalue weighted by atomic mass is 9.92. The Hall–Kier alpha value is -0.530. The molecule has 0 radical (unpaired) electrons. The van der Waals surface area contributed by atoms with Gasteiger partial charge in [0.15, 0.2) is 0 Å². The third-order valence-electron chi connectivity index (χ3n) is 3.91. The quantitative estimate of drug-likeness (QED) is 0.665. The summed E-state index contributed by atoms with van der Waals surface area (Å²) in [5.74, 6) is 1.25. The Morgan fingerprint density at radius 2 is 1.87 bits per heavy atom. The molecule has 1 unspecified atom stereocenters. The highest BCUT2D eigenvalue weighted by Gasteiger charge is 2.24. The van der Waals surface area contributed by atoms with Gasteiger partial charge in [0.05, 0.1) is 12.5 Å². The summed E-state index contributed by atoms with van der Waals surface area (Å²) < 4.78 is 5.07. The van der Waals surface area contributed by atoms with Gasteiger partial charge in [-0.3, -0.25) is 4.79 Å². The zero-order valence-electron chi connectivity index (χ0n) is 9.54. The zero-order valence-corrected chi connectivity index (χ0v) is 9.54. The van der Waals surface area contributed by atoms with Crippen LogP contribution >= 0.6 is 0 Å². The van der Waals surface area contributed by atoms with Crippen LogP contribution in [-0.4, -0.2) is 12.6 Å². The van der Waals surface area contributed by atoms with Crippen molar-refractivity contribution in [1.29, 1.82) is 0 Å². The lowest BCUT2D eigenvalue weighted by Crippen LogP contribution is -2.24. The van der Waals surface area contributed by atoms with E-state index in [0.717, 1.165) is 25.2 Å². The molecule has 2 rings (SSSR count). The Morgan fingerprint density at radius 3 is 2.60 bits per heavy atom. The Kier molecular flexibility index (Phi) is 4.04. The van der Waals surface area contributed by atoms with Crippen molar-refractivity contribution < 1.29 is 9.53 Å². The average Bonchev–Trinajstić information content (AvgIpc) is 2.74. The van der Waals surface area contributed by atoms with E-state index in [1.54, 1.807) is 0 Å². The number of ether oxygens (including phenoxy) is 1. The average molecular weight is 210 g/mol. The van der Waals surface area contributed by atoms with Crippen LogP contribution in [0.15, 0.2) is 0 Å². The maximum absolute atomic E-state index is 11.4. The van der Waals surface area contributed by atoms with Crippen molar-refractivity contribution in [3.8, 4) is 0 Å². The smallest absolute Gasteiger partial charge is 0.308 e.